The average molecular weight is 259 g/mol. The number of hydrogen-bond donors (Lipinski definition) is 2. The van der Waals surface area contributed by atoms with E-state index in [2.05, 4.69) is 17.2 Å². The van der Waals surface area contributed by atoms with Crippen molar-refractivity contribution in [2.75, 3.05) is 12.0 Å². The third-order valence-corrected chi connectivity index (χ3v) is 3.71. The highest BCUT2D eigenvalue weighted by molar-refractivity contribution is 8.14. The van der Waals surface area contributed by atoms with E-state index in [4.69, 9.17) is 5.73 Å². The molecule has 1 unspecified atom stereocenters. The van der Waals surface area contributed by atoms with Crippen molar-refractivity contribution < 1.29 is 4.79 Å². The van der Waals surface area contributed by atoms with Crippen molar-refractivity contribution in [1.29, 1.82) is 0 Å². The molecule has 1 aliphatic rings. The molecule has 0 aromatic carbocycles. The second-order valence-electron chi connectivity index (χ2n) is 3.23. The summed E-state index contributed by atoms with van der Waals surface area (Å²) in [5.41, 5.74) is 6.00. The van der Waals surface area contributed by atoms with E-state index in [1.54, 1.807) is 11.8 Å². The molecule has 0 aliphatic carbocycles. The normalized spacial score (nSPS) is 20.4. The van der Waals surface area contributed by atoms with Gasteiger partial charge in [-0.25, -0.2) is 0 Å². The zero-order valence-electron chi connectivity index (χ0n) is 9.74. The fourth-order valence-corrected chi connectivity index (χ4v) is 2.87. The van der Waals surface area contributed by atoms with Crippen LogP contribution in [0.2, 0.25) is 0 Å². The Hall–Kier alpha value is -0.620. The highest BCUT2D eigenvalue weighted by atomic mass is 32.2. The Labute approximate surface area is 105 Å². The summed E-state index contributed by atoms with van der Waals surface area (Å²) < 4.78 is 0. The molecule has 0 spiro atoms. The monoisotopic (exact) mass is 259 g/mol. The van der Waals surface area contributed by atoms with Crippen LogP contribution >= 0.6 is 23.5 Å². The van der Waals surface area contributed by atoms with Crippen LogP contribution in [0.25, 0.3) is 0 Å². The van der Waals surface area contributed by atoms with Gasteiger partial charge in [0.15, 0.2) is 5.17 Å². The zero-order valence-corrected chi connectivity index (χ0v) is 11.4. The molecule has 0 radical (unpaired) electrons. The number of rotatable bonds is 4. The zero-order chi connectivity index (χ0) is 12.1. The molecular weight excluding hydrogens is 242 g/mol. The highest BCUT2D eigenvalue weighted by Gasteiger charge is 2.26. The van der Waals surface area contributed by atoms with Gasteiger partial charge in [0.25, 0.3) is 0 Å². The number of carbonyl (C=O) groups is 1. The summed E-state index contributed by atoms with van der Waals surface area (Å²) in [5.74, 6) is 0.573. The maximum absolute atomic E-state index is 11.4. The van der Waals surface area contributed by atoms with Gasteiger partial charge in [-0.05, 0) is 18.4 Å². The van der Waals surface area contributed by atoms with Gasteiger partial charge in [0, 0.05) is 0 Å². The third kappa shape index (κ3) is 2.95. The molecule has 1 atom stereocenters. The molecule has 0 aromatic heterocycles. The Balaban J connectivity index is 3.00. The first-order valence-electron chi connectivity index (χ1n) is 5.19. The maximum Gasteiger partial charge on any atom is 0.249 e. The molecule has 1 aliphatic heterocycles. The molecular formula is C10H17N3OS2. The van der Waals surface area contributed by atoms with Crippen molar-refractivity contribution in [2.45, 2.75) is 26.3 Å². The largest absolute Gasteiger partial charge is 0.366 e. The molecule has 0 bridgehead atoms. The highest BCUT2D eigenvalue weighted by Crippen LogP contribution is 2.26. The molecule has 3 N–H and O–H groups in total. The van der Waals surface area contributed by atoms with Crippen LogP contribution in [0.15, 0.2) is 15.6 Å². The number of hydrogen-bond acceptors (Lipinski definition) is 5. The fourth-order valence-electron chi connectivity index (χ4n) is 1.50. The van der Waals surface area contributed by atoms with E-state index in [1.165, 1.54) is 11.8 Å². The summed E-state index contributed by atoms with van der Waals surface area (Å²) in [5, 5.41) is 4.87. The molecule has 1 amide bonds. The van der Waals surface area contributed by atoms with Gasteiger partial charge in [-0.2, -0.15) is 0 Å². The van der Waals surface area contributed by atoms with Crippen molar-refractivity contribution in [3.05, 3.63) is 10.6 Å². The van der Waals surface area contributed by atoms with Crippen LogP contribution in [0.1, 0.15) is 20.3 Å². The molecule has 1 heterocycles. The number of aliphatic imine (C=N–C) groups is 1. The Bertz CT molecular complexity index is 339. The second kappa shape index (κ2) is 6.20. The summed E-state index contributed by atoms with van der Waals surface area (Å²) in [6.45, 7) is 4.08. The van der Waals surface area contributed by atoms with Gasteiger partial charge in [-0.1, -0.05) is 25.6 Å². The number of nitrogens with two attached hydrogens (primary N) is 1. The number of nitrogens with one attached hydrogen (secondary N) is 1. The lowest BCUT2D eigenvalue weighted by Gasteiger charge is -2.24. The lowest BCUT2D eigenvalue weighted by molar-refractivity contribution is -0.114. The molecule has 0 saturated carbocycles. The Morgan fingerprint density at radius 1 is 1.56 bits per heavy atom. The number of primary amides is 1. The molecule has 90 valence electrons. The molecule has 0 aromatic rings. The number of nitrogens with zero attached hydrogens (tertiary/aromatic N) is 1. The summed E-state index contributed by atoms with van der Waals surface area (Å²) in [7, 11) is 0. The van der Waals surface area contributed by atoms with Crippen LogP contribution < -0.4 is 11.1 Å². The van der Waals surface area contributed by atoms with E-state index in [0.717, 1.165) is 22.4 Å². The predicted octanol–water partition coefficient (Wildman–Crippen LogP) is 1.54. The van der Waals surface area contributed by atoms with E-state index < -0.39 is 0 Å². The van der Waals surface area contributed by atoms with Gasteiger partial charge in [-0.15, -0.1) is 11.8 Å². The molecule has 6 heteroatoms. The SMILES string of the molecule is CCSC1=NC(CC)C(C(N)=O)=C(SC)N1. The first-order chi connectivity index (χ1) is 7.63. The van der Waals surface area contributed by atoms with E-state index in [-0.39, 0.29) is 11.9 Å². The van der Waals surface area contributed by atoms with Gasteiger partial charge in [-0.3, -0.25) is 9.79 Å². The van der Waals surface area contributed by atoms with E-state index in [9.17, 15) is 4.79 Å². The minimum atomic E-state index is -0.381. The topological polar surface area (TPSA) is 67.5 Å². The molecule has 4 nitrogen and oxygen atoms in total. The average Bonchev–Trinajstić information content (AvgIpc) is 2.27. The van der Waals surface area contributed by atoms with E-state index in [0.29, 0.717) is 5.57 Å². The van der Waals surface area contributed by atoms with E-state index in [1.807, 2.05) is 13.2 Å². The van der Waals surface area contributed by atoms with Gasteiger partial charge >= 0.3 is 0 Å². The molecule has 16 heavy (non-hydrogen) atoms. The Morgan fingerprint density at radius 3 is 2.69 bits per heavy atom. The van der Waals surface area contributed by atoms with E-state index >= 15 is 0 Å². The van der Waals surface area contributed by atoms with Crippen molar-refractivity contribution in [3.8, 4) is 0 Å². The van der Waals surface area contributed by atoms with Crippen LogP contribution in [0.5, 0.6) is 0 Å². The summed E-state index contributed by atoms with van der Waals surface area (Å²) in [6.07, 6.45) is 2.72. The first kappa shape index (κ1) is 13.4. The number of thioether (sulfide) groups is 2. The standard InChI is InChI=1S/C10H17N3OS2/c1-4-6-7(8(11)14)9(15-3)13-10(12-6)16-5-2/h6H,4-5H2,1-3H3,(H2,11,14)(H,12,13). The number of amidine groups is 1. The quantitative estimate of drug-likeness (QED) is 0.803. The van der Waals surface area contributed by atoms with Gasteiger partial charge in [0.05, 0.1) is 16.6 Å². The van der Waals surface area contributed by atoms with Crippen molar-refractivity contribution in [1.82, 2.24) is 5.32 Å². The lowest BCUT2D eigenvalue weighted by atomic mass is 10.1. The van der Waals surface area contributed by atoms with Crippen molar-refractivity contribution >= 4 is 34.6 Å². The summed E-state index contributed by atoms with van der Waals surface area (Å²) in [4.78, 5) is 15.9. The van der Waals surface area contributed by atoms with Crippen LogP contribution in [0.4, 0.5) is 0 Å². The summed E-state index contributed by atoms with van der Waals surface area (Å²) in [6, 6.07) is -0.102. The molecule has 0 saturated heterocycles. The smallest absolute Gasteiger partial charge is 0.249 e. The van der Waals surface area contributed by atoms with Crippen LogP contribution in [-0.4, -0.2) is 29.1 Å². The Morgan fingerprint density at radius 2 is 2.25 bits per heavy atom. The van der Waals surface area contributed by atoms with Gasteiger partial charge in [0.1, 0.15) is 0 Å². The minimum absolute atomic E-state index is 0.102. The summed E-state index contributed by atoms with van der Waals surface area (Å²) >= 11 is 3.15. The van der Waals surface area contributed by atoms with Crippen molar-refractivity contribution in [2.24, 2.45) is 10.7 Å². The Kier molecular flexibility index (Phi) is 5.21. The van der Waals surface area contributed by atoms with Gasteiger partial charge in [0.2, 0.25) is 5.91 Å². The fraction of sp³-hybridized carbons (Fsp3) is 0.600. The number of carbonyl (C=O) groups excluding carboxylic acids is 1. The van der Waals surface area contributed by atoms with Crippen LogP contribution in [-0.2, 0) is 4.79 Å². The van der Waals surface area contributed by atoms with Crippen LogP contribution in [0.3, 0.4) is 0 Å². The second-order valence-corrected chi connectivity index (χ2v) is 5.30. The third-order valence-electron chi connectivity index (χ3n) is 2.21. The minimum Gasteiger partial charge on any atom is -0.366 e. The lowest BCUT2D eigenvalue weighted by Crippen LogP contribution is -2.35. The van der Waals surface area contributed by atoms with Crippen molar-refractivity contribution in [3.63, 3.8) is 0 Å². The first-order valence-corrected chi connectivity index (χ1v) is 7.40. The predicted molar refractivity (Wildman–Crippen MR) is 72.5 cm³/mol. The molecule has 0 fully saturated rings. The van der Waals surface area contributed by atoms with Gasteiger partial charge < -0.3 is 11.1 Å². The van der Waals surface area contributed by atoms with Crippen LogP contribution in [0, 0.1) is 0 Å². The molecule has 1 rings (SSSR count). The maximum atomic E-state index is 11.4. The number of amides is 1.